The van der Waals surface area contributed by atoms with E-state index in [2.05, 4.69) is 31.3 Å². The molecule has 0 aliphatic rings. The van der Waals surface area contributed by atoms with Gasteiger partial charge in [0.2, 0.25) is 5.91 Å². The number of carbonyl (C=O) groups excluding carboxylic acids is 1. The lowest BCUT2D eigenvalue weighted by atomic mass is 10.0. The maximum atomic E-state index is 12.7. The smallest absolute Gasteiger partial charge is 0.268 e. The van der Waals surface area contributed by atoms with E-state index in [-0.39, 0.29) is 19.1 Å². The Labute approximate surface area is 290 Å². The van der Waals surface area contributed by atoms with E-state index in [4.69, 9.17) is 9.05 Å². The predicted molar refractivity (Wildman–Crippen MR) is 196 cm³/mol. The molecule has 0 aromatic carbocycles. The molecule has 0 heterocycles. The Hall–Kier alpha value is -1.02. The summed E-state index contributed by atoms with van der Waals surface area (Å²) in [5.74, 6) is -0.211. The van der Waals surface area contributed by atoms with Gasteiger partial charge in [0.15, 0.2) is 0 Å². The standard InChI is InChI=1S/C38H75N2O6P/c1-6-8-10-12-14-16-18-19-20-22-23-25-27-29-31-37(41)36(35-46-47(43,44)45-34-33-40(3,4)5)39-38(42)32-30-28-26-24-21-17-15-13-11-9-7-2/h22-23,29,31,36-37,41H,6-21,24-28,30,32-35H2,1-5H3,(H-,39,42,43,44)/b23-22+,31-29+/t36-,37+/m0/s1. The topological polar surface area (TPSA) is 108 Å². The summed E-state index contributed by atoms with van der Waals surface area (Å²) in [6, 6.07) is -0.895. The first-order valence-electron chi connectivity index (χ1n) is 19.2. The summed E-state index contributed by atoms with van der Waals surface area (Å²) in [5, 5.41) is 13.7. The number of nitrogens with one attached hydrogen (secondary N) is 1. The number of phosphoric acid groups is 1. The van der Waals surface area contributed by atoms with Crippen molar-refractivity contribution in [2.45, 2.75) is 174 Å². The molecule has 47 heavy (non-hydrogen) atoms. The Kier molecular flexibility index (Phi) is 30.3. The predicted octanol–water partition coefficient (Wildman–Crippen LogP) is 9.16. The number of allylic oxidation sites excluding steroid dienone is 3. The van der Waals surface area contributed by atoms with Crippen molar-refractivity contribution in [2.24, 2.45) is 0 Å². The zero-order chi connectivity index (χ0) is 35.1. The van der Waals surface area contributed by atoms with Gasteiger partial charge in [-0.3, -0.25) is 9.36 Å². The van der Waals surface area contributed by atoms with Crippen LogP contribution in [-0.2, 0) is 18.4 Å². The molecule has 0 bridgehead atoms. The van der Waals surface area contributed by atoms with E-state index in [1.807, 2.05) is 27.2 Å². The molecule has 0 saturated heterocycles. The normalized spacial score (nSPS) is 15.0. The van der Waals surface area contributed by atoms with Crippen molar-refractivity contribution in [1.29, 1.82) is 0 Å². The lowest BCUT2D eigenvalue weighted by molar-refractivity contribution is -0.870. The number of quaternary nitrogens is 1. The Balaban J connectivity index is 4.60. The number of carbonyl (C=O) groups is 1. The first-order valence-corrected chi connectivity index (χ1v) is 20.7. The quantitative estimate of drug-likeness (QED) is 0.0303. The van der Waals surface area contributed by atoms with Crippen LogP contribution in [0.1, 0.15) is 162 Å². The van der Waals surface area contributed by atoms with E-state index < -0.39 is 20.0 Å². The van der Waals surface area contributed by atoms with Gasteiger partial charge >= 0.3 is 0 Å². The summed E-state index contributed by atoms with van der Waals surface area (Å²) in [6.07, 6.45) is 33.6. The summed E-state index contributed by atoms with van der Waals surface area (Å²) in [4.78, 5) is 25.1. The van der Waals surface area contributed by atoms with E-state index in [1.165, 1.54) is 103 Å². The zero-order valence-corrected chi connectivity index (χ0v) is 32.1. The van der Waals surface area contributed by atoms with Gasteiger partial charge in [0.25, 0.3) is 7.82 Å². The van der Waals surface area contributed by atoms with Gasteiger partial charge in [0.05, 0.1) is 39.9 Å². The largest absolute Gasteiger partial charge is 0.756 e. The van der Waals surface area contributed by atoms with Crippen molar-refractivity contribution in [3.05, 3.63) is 24.3 Å². The summed E-state index contributed by atoms with van der Waals surface area (Å²) in [6.45, 7) is 4.59. The zero-order valence-electron chi connectivity index (χ0n) is 31.2. The minimum Gasteiger partial charge on any atom is -0.756 e. The van der Waals surface area contributed by atoms with Crippen LogP contribution in [-0.4, -0.2) is 68.5 Å². The molecule has 0 aliphatic heterocycles. The van der Waals surface area contributed by atoms with Crippen molar-refractivity contribution >= 4 is 13.7 Å². The van der Waals surface area contributed by atoms with Crippen LogP contribution in [0.4, 0.5) is 0 Å². The number of hydrogen-bond donors (Lipinski definition) is 2. The SMILES string of the molecule is CCCCCCCCCC/C=C/CC/C=C/[C@@H](O)[C@H](COP(=O)([O-])OCC[N+](C)(C)C)NC(=O)CCCCCCCCCCCCC. The molecule has 0 fully saturated rings. The molecule has 278 valence electrons. The summed E-state index contributed by atoms with van der Waals surface area (Å²) in [7, 11) is 1.24. The minimum atomic E-state index is -4.58. The highest BCUT2D eigenvalue weighted by Crippen LogP contribution is 2.38. The molecular weight excluding hydrogens is 611 g/mol. The van der Waals surface area contributed by atoms with Crippen molar-refractivity contribution in [2.75, 3.05) is 40.9 Å². The van der Waals surface area contributed by atoms with E-state index >= 15 is 0 Å². The molecule has 0 aromatic heterocycles. The van der Waals surface area contributed by atoms with Crippen LogP contribution in [0.3, 0.4) is 0 Å². The van der Waals surface area contributed by atoms with E-state index in [0.29, 0.717) is 17.4 Å². The van der Waals surface area contributed by atoms with Crippen LogP contribution in [0.15, 0.2) is 24.3 Å². The van der Waals surface area contributed by atoms with Gasteiger partial charge < -0.3 is 28.8 Å². The van der Waals surface area contributed by atoms with Crippen LogP contribution in [0.25, 0.3) is 0 Å². The lowest BCUT2D eigenvalue weighted by Crippen LogP contribution is -2.45. The van der Waals surface area contributed by atoms with Crippen LogP contribution >= 0.6 is 7.82 Å². The summed E-state index contributed by atoms with van der Waals surface area (Å²) in [5.41, 5.74) is 0. The Morgan fingerprint density at radius 3 is 1.72 bits per heavy atom. The molecular formula is C38H75N2O6P. The molecule has 2 N–H and O–H groups in total. The third kappa shape index (κ3) is 33.3. The molecule has 0 spiro atoms. The maximum Gasteiger partial charge on any atom is 0.268 e. The van der Waals surface area contributed by atoms with Crippen LogP contribution in [0.2, 0.25) is 0 Å². The fraction of sp³-hybridized carbons (Fsp3) is 0.868. The first kappa shape index (κ1) is 46.0. The number of aliphatic hydroxyl groups excluding tert-OH is 1. The molecule has 0 saturated carbocycles. The third-order valence-electron chi connectivity index (χ3n) is 8.41. The first-order chi connectivity index (χ1) is 22.5. The maximum absolute atomic E-state index is 12.7. The van der Waals surface area contributed by atoms with E-state index in [1.54, 1.807) is 6.08 Å². The van der Waals surface area contributed by atoms with Gasteiger partial charge in [-0.2, -0.15) is 0 Å². The molecule has 1 amide bonds. The van der Waals surface area contributed by atoms with E-state index in [0.717, 1.165) is 38.5 Å². The van der Waals surface area contributed by atoms with Gasteiger partial charge in [-0.05, 0) is 32.1 Å². The van der Waals surface area contributed by atoms with Crippen molar-refractivity contribution in [3.63, 3.8) is 0 Å². The molecule has 1 unspecified atom stereocenters. The number of hydrogen-bond acceptors (Lipinski definition) is 6. The Morgan fingerprint density at radius 1 is 0.723 bits per heavy atom. The number of likely N-dealkylation sites (N-methyl/N-ethyl adjacent to an activating group) is 1. The molecule has 0 aliphatic carbocycles. The van der Waals surface area contributed by atoms with Crippen molar-refractivity contribution in [1.82, 2.24) is 5.32 Å². The number of unbranched alkanes of at least 4 members (excludes halogenated alkanes) is 19. The molecule has 0 rings (SSSR count). The molecule has 8 nitrogen and oxygen atoms in total. The van der Waals surface area contributed by atoms with Gasteiger partial charge in [-0.25, -0.2) is 0 Å². The molecule has 3 atom stereocenters. The number of nitrogens with zero attached hydrogens (tertiary/aromatic N) is 1. The highest BCUT2D eigenvalue weighted by Gasteiger charge is 2.23. The molecule has 9 heteroatoms. The highest BCUT2D eigenvalue weighted by molar-refractivity contribution is 7.45. The number of aliphatic hydroxyl groups is 1. The van der Waals surface area contributed by atoms with E-state index in [9.17, 15) is 19.4 Å². The number of rotatable bonds is 34. The average Bonchev–Trinajstić information content (AvgIpc) is 3.01. The van der Waals surface area contributed by atoms with Crippen LogP contribution < -0.4 is 10.2 Å². The van der Waals surface area contributed by atoms with Crippen LogP contribution in [0, 0.1) is 0 Å². The second kappa shape index (κ2) is 31.0. The fourth-order valence-electron chi connectivity index (χ4n) is 5.28. The van der Waals surface area contributed by atoms with Gasteiger partial charge in [0, 0.05) is 6.42 Å². The average molecular weight is 687 g/mol. The van der Waals surface area contributed by atoms with Gasteiger partial charge in [0.1, 0.15) is 13.2 Å². The second-order valence-electron chi connectivity index (χ2n) is 14.3. The second-order valence-corrected chi connectivity index (χ2v) is 15.7. The third-order valence-corrected chi connectivity index (χ3v) is 9.38. The fourth-order valence-corrected chi connectivity index (χ4v) is 6.01. The Morgan fingerprint density at radius 2 is 1.19 bits per heavy atom. The minimum absolute atomic E-state index is 0.00478. The van der Waals surface area contributed by atoms with Crippen molar-refractivity contribution in [3.8, 4) is 0 Å². The molecule has 0 radical (unpaired) electrons. The summed E-state index contributed by atoms with van der Waals surface area (Å²) >= 11 is 0. The van der Waals surface area contributed by atoms with Gasteiger partial charge in [-0.15, -0.1) is 0 Å². The van der Waals surface area contributed by atoms with Crippen LogP contribution in [0.5, 0.6) is 0 Å². The number of amides is 1. The van der Waals surface area contributed by atoms with Crippen molar-refractivity contribution < 1.29 is 32.9 Å². The van der Waals surface area contributed by atoms with Gasteiger partial charge in [-0.1, -0.05) is 147 Å². The lowest BCUT2D eigenvalue weighted by Gasteiger charge is -2.29. The monoisotopic (exact) mass is 687 g/mol. The Bertz CT molecular complexity index is 829. The molecule has 0 aromatic rings. The number of phosphoric ester groups is 1. The summed E-state index contributed by atoms with van der Waals surface area (Å²) < 4.78 is 23.0. The highest BCUT2D eigenvalue weighted by atomic mass is 31.2.